The van der Waals surface area contributed by atoms with E-state index in [1.54, 1.807) is 0 Å². The number of Topliss-reactive ketones (excluding diaryl/α,β-unsaturated/α-hetero) is 1. The maximum absolute atomic E-state index is 11.6. The van der Waals surface area contributed by atoms with E-state index in [1.165, 1.54) is 0 Å². The van der Waals surface area contributed by atoms with Crippen molar-refractivity contribution in [1.29, 1.82) is 0 Å². The highest BCUT2D eigenvalue weighted by atomic mass is 16.1. The molecule has 1 aliphatic heterocycles. The predicted molar refractivity (Wildman–Crippen MR) is 45.4 cm³/mol. The molecule has 1 heterocycles. The van der Waals surface area contributed by atoms with E-state index in [2.05, 4.69) is 4.90 Å². The van der Waals surface area contributed by atoms with Crippen molar-refractivity contribution in [2.75, 3.05) is 20.1 Å². The van der Waals surface area contributed by atoms with Gasteiger partial charge in [-0.15, -0.1) is 0 Å². The van der Waals surface area contributed by atoms with Gasteiger partial charge in [0, 0.05) is 24.4 Å². The van der Waals surface area contributed by atoms with E-state index in [0.29, 0.717) is 11.7 Å². The molecule has 1 aliphatic rings. The van der Waals surface area contributed by atoms with E-state index in [4.69, 9.17) is 0 Å². The fourth-order valence-electron chi connectivity index (χ4n) is 1.48. The highest BCUT2D eigenvalue weighted by Gasteiger charge is 2.35. The zero-order valence-electron chi connectivity index (χ0n) is 7.85. The Labute approximate surface area is 68.6 Å². The number of hydrogen-bond donors (Lipinski definition) is 0. The van der Waals surface area contributed by atoms with Gasteiger partial charge in [0.1, 0.15) is 5.78 Å². The topological polar surface area (TPSA) is 20.3 Å². The van der Waals surface area contributed by atoms with Crippen molar-refractivity contribution in [3.8, 4) is 0 Å². The SMILES string of the molecule is CN1CC(C(=O)C(C)(C)C)C1. The molecule has 11 heavy (non-hydrogen) atoms. The van der Waals surface area contributed by atoms with Crippen LogP contribution in [-0.2, 0) is 4.79 Å². The summed E-state index contributed by atoms with van der Waals surface area (Å²) in [6.07, 6.45) is 0. The standard InChI is InChI=1S/C9H17NO/c1-9(2,3)8(11)7-5-10(4)6-7/h7H,5-6H2,1-4H3. The Balaban J connectivity index is 2.45. The minimum absolute atomic E-state index is 0.147. The van der Waals surface area contributed by atoms with Gasteiger partial charge in [0.15, 0.2) is 0 Å². The molecule has 0 atom stereocenters. The maximum Gasteiger partial charge on any atom is 0.143 e. The van der Waals surface area contributed by atoms with E-state index in [-0.39, 0.29) is 5.41 Å². The molecule has 0 aliphatic carbocycles. The van der Waals surface area contributed by atoms with Gasteiger partial charge in [-0.05, 0) is 7.05 Å². The maximum atomic E-state index is 11.6. The Morgan fingerprint density at radius 1 is 1.36 bits per heavy atom. The van der Waals surface area contributed by atoms with Crippen LogP contribution in [0.15, 0.2) is 0 Å². The zero-order chi connectivity index (χ0) is 8.65. The first-order valence-electron chi connectivity index (χ1n) is 4.14. The average Bonchev–Trinajstić information content (AvgIpc) is 1.77. The molecular weight excluding hydrogens is 138 g/mol. The number of nitrogens with zero attached hydrogens (tertiary/aromatic N) is 1. The van der Waals surface area contributed by atoms with Gasteiger partial charge in [-0.1, -0.05) is 20.8 Å². The van der Waals surface area contributed by atoms with Crippen molar-refractivity contribution in [1.82, 2.24) is 4.90 Å². The molecule has 0 bridgehead atoms. The Morgan fingerprint density at radius 2 is 1.82 bits per heavy atom. The van der Waals surface area contributed by atoms with Crippen LogP contribution >= 0.6 is 0 Å². The summed E-state index contributed by atoms with van der Waals surface area (Å²) in [6.45, 7) is 7.89. The van der Waals surface area contributed by atoms with Crippen LogP contribution in [0.1, 0.15) is 20.8 Å². The van der Waals surface area contributed by atoms with Crippen molar-refractivity contribution in [2.45, 2.75) is 20.8 Å². The summed E-state index contributed by atoms with van der Waals surface area (Å²) in [4.78, 5) is 13.7. The number of carbonyl (C=O) groups excluding carboxylic acids is 1. The van der Waals surface area contributed by atoms with Gasteiger partial charge >= 0.3 is 0 Å². The first-order valence-corrected chi connectivity index (χ1v) is 4.14. The van der Waals surface area contributed by atoms with Crippen LogP contribution in [0.4, 0.5) is 0 Å². The van der Waals surface area contributed by atoms with Crippen LogP contribution in [0.2, 0.25) is 0 Å². The monoisotopic (exact) mass is 155 g/mol. The molecule has 0 unspecified atom stereocenters. The zero-order valence-corrected chi connectivity index (χ0v) is 7.85. The van der Waals surface area contributed by atoms with Crippen LogP contribution < -0.4 is 0 Å². The molecule has 0 amide bonds. The van der Waals surface area contributed by atoms with Crippen LogP contribution in [0, 0.1) is 11.3 Å². The summed E-state index contributed by atoms with van der Waals surface area (Å²) in [5.41, 5.74) is -0.147. The van der Waals surface area contributed by atoms with Crippen LogP contribution in [-0.4, -0.2) is 30.8 Å². The molecular formula is C9H17NO. The summed E-state index contributed by atoms with van der Waals surface area (Å²) < 4.78 is 0. The highest BCUT2D eigenvalue weighted by molar-refractivity contribution is 5.87. The van der Waals surface area contributed by atoms with Gasteiger partial charge in [0.2, 0.25) is 0 Å². The molecule has 0 spiro atoms. The first-order chi connectivity index (χ1) is 4.91. The lowest BCUT2D eigenvalue weighted by Gasteiger charge is -2.38. The van der Waals surface area contributed by atoms with Crippen molar-refractivity contribution in [2.24, 2.45) is 11.3 Å². The third-order valence-corrected chi connectivity index (χ3v) is 2.17. The number of carbonyl (C=O) groups is 1. The third-order valence-electron chi connectivity index (χ3n) is 2.17. The van der Waals surface area contributed by atoms with E-state index >= 15 is 0 Å². The summed E-state index contributed by atoms with van der Waals surface area (Å²) in [7, 11) is 2.05. The van der Waals surface area contributed by atoms with E-state index in [1.807, 2.05) is 27.8 Å². The summed E-state index contributed by atoms with van der Waals surface area (Å²) in [6, 6.07) is 0. The fraction of sp³-hybridized carbons (Fsp3) is 0.889. The first kappa shape index (κ1) is 8.72. The van der Waals surface area contributed by atoms with Crippen molar-refractivity contribution in [3.05, 3.63) is 0 Å². The number of ketones is 1. The fourth-order valence-corrected chi connectivity index (χ4v) is 1.48. The molecule has 1 rings (SSSR count). The normalized spacial score (nSPS) is 21.5. The van der Waals surface area contributed by atoms with Gasteiger partial charge in [0.25, 0.3) is 0 Å². The molecule has 1 fully saturated rings. The van der Waals surface area contributed by atoms with Gasteiger partial charge in [-0.25, -0.2) is 0 Å². The number of likely N-dealkylation sites (tertiary alicyclic amines) is 1. The largest absolute Gasteiger partial charge is 0.305 e. The Morgan fingerprint density at radius 3 is 2.09 bits per heavy atom. The molecule has 2 heteroatoms. The minimum Gasteiger partial charge on any atom is -0.305 e. The minimum atomic E-state index is -0.147. The Bertz CT molecular complexity index is 163. The van der Waals surface area contributed by atoms with Gasteiger partial charge in [-0.2, -0.15) is 0 Å². The average molecular weight is 155 g/mol. The van der Waals surface area contributed by atoms with Crippen LogP contribution in [0.5, 0.6) is 0 Å². The molecule has 0 radical (unpaired) electrons. The van der Waals surface area contributed by atoms with Crippen LogP contribution in [0.25, 0.3) is 0 Å². The van der Waals surface area contributed by atoms with E-state index in [0.717, 1.165) is 13.1 Å². The van der Waals surface area contributed by atoms with Gasteiger partial charge in [-0.3, -0.25) is 4.79 Å². The molecule has 64 valence electrons. The van der Waals surface area contributed by atoms with Crippen LogP contribution in [0.3, 0.4) is 0 Å². The lowest BCUT2D eigenvalue weighted by Crippen LogP contribution is -2.50. The summed E-state index contributed by atoms with van der Waals surface area (Å²) in [5.74, 6) is 0.718. The Hall–Kier alpha value is -0.370. The molecule has 0 N–H and O–H groups in total. The Kier molecular flexibility index (Phi) is 2.06. The quantitative estimate of drug-likeness (QED) is 0.566. The molecule has 0 aromatic carbocycles. The third kappa shape index (κ3) is 1.80. The highest BCUT2D eigenvalue weighted by Crippen LogP contribution is 2.25. The number of hydrogen-bond acceptors (Lipinski definition) is 2. The second kappa shape index (κ2) is 2.59. The molecule has 0 aromatic heterocycles. The van der Waals surface area contributed by atoms with E-state index in [9.17, 15) is 4.79 Å². The van der Waals surface area contributed by atoms with Gasteiger partial charge in [0.05, 0.1) is 0 Å². The summed E-state index contributed by atoms with van der Waals surface area (Å²) in [5, 5.41) is 0. The lowest BCUT2D eigenvalue weighted by molar-refractivity contribution is -0.135. The van der Waals surface area contributed by atoms with Crippen molar-refractivity contribution >= 4 is 5.78 Å². The molecule has 1 saturated heterocycles. The summed E-state index contributed by atoms with van der Waals surface area (Å²) >= 11 is 0. The van der Waals surface area contributed by atoms with Crippen molar-refractivity contribution in [3.63, 3.8) is 0 Å². The van der Waals surface area contributed by atoms with Gasteiger partial charge < -0.3 is 4.90 Å². The molecule has 0 aromatic rings. The smallest absolute Gasteiger partial charge is 0.143 e. The second-order valence-corrected chi connectivity index (χ2v) is 4.53. The molecule has 2 nitrogen and oxygen atoms in total. The number of rotatable bonds is 1. The molecule has 0 saturated carbocycles. The van der Waals surface area contributed by atoms with E-state index < -0.39 is 0 Å². The second-order valence-electron chi connectivity index (χ2n) is 4.53. The lowest BCUT2D eigenvalue weighted by atomic mass is 9.80. The predicted octanol–water partition coefficient (Wildman–Crippen LogP) is 1.16. The van der Waals surface area contributed by atoms with Crippen molar-refractivity contribution < 1.29 is 4.79 Å².